The first-order valence-electron chi connectivity index (χ1n) is 6.98. The summed E-state index contributed by atoms with van der Waals surface area (Å²) >= 11 is 11.6. The van der Waals surface area contributed by atoms with Gasteiger partial charge >= 0.3 is 5.97 Å². The monoisotopic (exact) mass is 380 g/mol. The smallest absolute Gasteiger partial charge is 0.341 e. The highest BCUT2D eigenvalue weighted by Crippen LogP contribution is 2.21. The number of anilines is 1. The van der Waals surface area contributed by atoms with E-state index in [4.69, 9.17) is 33.2 Å². The SMILES string of the molecule is CC(OC(=O)c1cc(Cl)ccc1F)C(=O)Nc1ccc(C#N)c(Cl)c1. The molecule has 0 heterocycles. The molecule has 0 aliphatic rings. The van der Waals surface area contributed by atoms with Crippen molar-refractivity contribution in [3.05, 3.63) is 63.4 Å². The Hall–Kier alpha value is -2.62. The van der Waals surface area contributed by atoms with Crippen LogP contribution in [0.25, 0.3) is 0 Å². The van der Waals surface area contributed by atoms with Crippen molar-refractivity contribution >= 4 is 40.8 Å². The second kappa shape index (κ2) is 7.97. The fraction of sp³-hybridized carbons (Fsp3) is 0.118. The molecule has 1 unspecified atom stereocenters. The average Bonchev–Trinajstić information content (AvgIpc) is 2.57. The fourth-order valence-corrected chi connectivity index (χ4v) is 2.25. The molecule has 0 radical (unpaired) electrons. The van der Waals surface area contributed by atoms with Crippen LogP contribution in [0, 0.1) is 17.1 Å². The number of rotatable bonds is 4. The van der Waals surface area contributed by atoms with Gasteiger partial charge in [0.1, 0.15) is 11.9 Å². The van der Waals surface area contributed by atoms with Gasteiger partial charge in [-0.1, -0.05) is 23.2 Å². The Bertz CT molecular complexity index is 881. The zero-order chi connectivity index (χ0) is 18.6. The van der Waals surface area contributed by atoms with Crippen molar-refractivity contribution in [3.8, 4) is 6.07 Å². The van der Waals surface area contributed by atoms with Crippen LogP contribution in [0.15, 0.2) is 36.4 Å². The van der Waals surface area contributed by atoms with Gasteiger partial charge in [-0.05, 0) is 43.3 Å². The highest BCUT2D eigenvalue weighted by atomic mass is 35.5. The number of nitrogens with one attached hydrogen (secondary N) is 1. The van der Waals surface area contributed by atoms with Crippen LogP contribution in [-0.2, 0) is 9.53 Å². The molecule has 2 rings (SSSR count). The maximum absolute atomic E-state index is 13.6. The Morgan fingerprint density at radius 3 is 2.60 bits per heavy atom. The first-order chi connectivity index (χ1) is 11.8. The summed E-state index contributed by atoms with van der Waals surface area (Å²) in [4.78, 5) is 24.0. The summed E-state index contributed by atoms with van der Waals surface area (Å²) in [6, 6.07) is 9.64. The van der Waals surface area contributed by atoms with Crippen molar-refractivity contribution in [1.29, 1.82) is 5.26 Å². The summed E-state index contributed by atoms with van der Waals surface area (Å²) in [5.41, 5.74) is 0.218. The van der Waals surface area contributed by atoms with E-state index in [0.717, 1.165) is 12.1 Å². The number of amides is 1. The van der Waals surface area contributed by atoms with Gasteiger partial charge in [0, 0.05) is 10.7 Å². The largest absolute Gasteiger partial charge is 0.449 e. The molecule has 0 fully saturated rings. The van der Waals surface area contributed by atoms with Crippen molar-refractivity contribution in [2.45, 2.75) is 13.0 Å². The van der Waals surface area contributed by atoms with E-state index in [2.05, 4.69) is 5.32 Å². The van der Waals surface area contributed by atoms with E-state index < -0.39 is 23.8 Å². The van der Waals surface area contributed by atoms with Gasteiger partial charge in [0.2, 0.25) is 0 Å². The predicted octanol–water partition coefficient (Wildman–Crippen LogP) is 4.19. The van der Waals surface area contributed by atoms with Crippen molar-refractivity contribution < 1.29 is 18.7 Å². The first kappa shape index (κ1) is 18.7. The molecule has 0 aromatic heterocycles. The minimum Gasteiger partial charge on any atom is -0.449 e. The summed E-state index contributed by atoms with van der Waals surface area (Å²) in [7, 11) is 0. The minimum absolute atomic E-state index is 0.165. The number of ether oxygens (including phenoxy) is 1. The number of carbonyl (C=O) groups is 2. The fourth-order valence-electron chi connectivity index (χ4n) is 1.86. The number of carbonyl (C=O) groups excluding carboxylic acids is 2. The van der Waals surface area contributed by atoms with Crippen LogP contribution in [0.5, 0.6) is 0 Å². The summed E-state index contributed by atoms with van der Waals surface area (Å²) in [5, 5.41) is 11.6. The van der Waals surface area contributed by atoms with Crippen LogP contribution in [0.3, 0.4) is 0 Å². The summed E-state index contributed by atoms with van der Waals surface area (Å²) in [5.74, 6) is -2.46. The van der Waals surface area contributed by atoms with Crippen LogP contribution in [0.4, 0.5) is 10.1 Å². The van der Waals surface area contributed by atoms with Gasteiger partial charge in [0.15, 0.2) is 6.10 Å². The second-order valence-corrected chi connectivity index (χ2v) is 5.81. The van der Waals surface area contributed by atoms with Crippen molar-refractivity contribution in [2.24, 2.45) is 0 Å². The van der Waals surface area contributed by atoms with Crippen LogP contribution in [0.2, 0.25) is 10.0 Å². The van der Waals surface area contributed by atoms with Crippen LogP contribution >= 0.6 is 23.2 Å². The Labute approximate surface area is 152 Å². The number of nitrogens with zero attached hydrogens (tertiary/aromatic N) is 1. The molecule has 0 bridgehead atoms. The topological polar surface area (TPSA) is 79.2 Å². The zero-order valence-corrected chi connectivity index (χ0v) is 14.4. The predicted molar refractivity (Wildman–Crippen MR) is 91.1 cm³/mol. The minimum atomic E-state index is -1.19. The van der Waals surface area contributed by atoms with Gasteiger partial charge in [-0.15, -0.1) is 0 Å². The summed E-state index contributed by atoms with van der Waals surface area (Å²) in [6.07, 6.45) is -1.19. The summed E-state index contributed by atoms with van der Waals surface area (Å²) in [6.45, 7) is 1.33. The number of benzene rings is 2. The molecule has 0 spiro atoms. The molecule has 25 heavy (non-hydrogen) atoms. The van der Waals surface area contributed by atoms with Crippen molar-refractivity contribution in [1.82, 2.24) is 0 Å². The molecule has 2 aromatic rings. The molecule has 2 aromatic carbocycles. The zero-order valence-electron chi connectivity index (χ0n) is 12.8. The van der Waals surface area contributed by atoms with E-state index >= 15 is 0 Å². The summed E-state index contributed by atoms with van der Waals surface area (Å²) < 4.78 is 18.6. The van der Waals surface area contributed by atoms with E-state index in [9.17, 15) is 14.0 Å². The molecular weight excluding hydrogens is 370 g/mol. The molecular formula is C17H11Cl2FN2O3. The Morgan fingerprint density at radius 2 is 1.96 bits per heavy atom. The number of halogens is 3. The normalized spacial score (nSPS) is 11.3. The quantitative estimate of drug-likeness (QED) is 0.806. The van der Waals surface area contributed by atoms with Crippen LogP contribution < -0.4 is 5.32 Å². The highest BCUT2D eigenvalue weighted by molar-refractivity contribution is 6.32. The number of esters is 1. The Morgan fingerprint density at radius 1 is 1.24 bits per heavy atom. The Balaban J connectivity index is 2.05. The maximum atomic E-state index is 13.6. The molecule has 5 nitrogen and oxygen atoms in total. The average molecular weight is 381 g/mol. The van der Waals surface area contributed by atoms with E-state index in [0.29, 0.717) is 5.69 Å². The third-order valence-electron chi connectivity index (χ3n) is 3.16. The highest BCUT2D eigenvalue weighted by Gasteiger charge is 2.21. The number of hydrogen-bond acceptors (Lipinski definition) is 4. The third-order valence-corrected chi connectivity index (χ3v) is 3.71. The van der Waals surface area contributed by atoms with E-state index in [1.165, 1.54) is 31.2 Å². The van der Waals surface area contributed by atoms with Gasteiger partial charge in [0.05, 0.1) is 16.1 Å². The lowest BCUT2D eigenvalue weighted by Crippen LogP contribution is -2.30. The van der Waals surface area contributed by atoms with Crippen LogP contribution in [-0.4, -0.2) is 18.0 Å². The Kier molecular flexibility index (Phi) is 5.97. The van der Waals surface area contributed by atoms with Gasteiger partial charge in [0.25, 0.3) is 5.91 Å². The van der Waals surface area contributed by atoms with Gasteiger partial charge in [-0.3, -0.25) is 4.79 Å². The molecule has 0 saturated heterocycles. The number of hydrogen-bond donors (Lipinski definition) is 1. The lowest BCUT2D eigenvalue weighted by atomic mass is 10.2. The van der Waals surface area contributed by atoms with E-state index in [1.54, 1.807) is 0 Å². The lowest BCUT2D eigenvalue weighted by molar-refractivity contribution is -0.123. The van der Waals surface area contributed by atoms with Gasteiger partial charge < -0.3 is 10.1 Å². The van der Waals surface area contributed by atoms with Crippen LogP contribution in [0.1, 0.15) is 22.8 Å². The lowest BCUT2D eigenvalue weighted by Gasteiger charge is -2.14. The third kappa shape index (κ3) is 4.69. The first-order valence-corrected chi connectivity index (χ1v) is 7.74. The van der Waals surface area contributed by atoms with Gasteiger partial charge in [-0.2, -0.15) is 5.26 Å². The molecule has 1 amide bonds. The number of nitriles is 1. The molecule has 1 atom stereocenters. The molecule has 0 aliphatic heterocycles. The molecule has 1 N–H and O–H groups in total. The van der Waals surface area contributed by atoms with Crippen molar-refractivity contribution in [3.63, 3.8) is 0 Å². The molecule has 0 aliphatic carbocycles. The standard InChI is InChI=1S/C17H11Cl2FN2O3/c1-9(25-17(24)13-6-11(18)3-5-15(13)20)16(23)22-12-4-2-10(8-21)14(19)7-12/h2-7,9H,1H3,(H,22,23). The van der Waals surface area contributed by atoms with Gasteiger partial charge in [-0.25, -0.2) is 9.18 Å². The second-order valence-electron chi connectivity index (χ2n) is 4.97. The molecule has 8 heteroatoms. The van der Waals surface area contributed by atoms with E-state index in [-0.39, 0.29) is 21.2 Å². The molecule has 0 saturated carbocycles. The van der Waals surface area contributed by atoms with Crippen molar-refractivity contribution in [2.75, 3.05) is 5.32 Å². The maximum Gasteiger partial charge on any atom is 0.341 e. The van der Waals surface area contributed by atoms with E-state index in [1.807, 2.05) is 6.07 Å². The molecule has 128 valence electrons.